The summed E-state index contributed by atoms with van der Waals surface area (Å²) in [4.78, 5) is 8.80. The number of hydrogen-bond donors (Lipinski definition) is 1. The molecule has 5 aromatic rings. The molecule has 0 unspecified atom stereocenters. The Hall–Kier alpha value is -3.44. The van der Waals surface area contributed by atoms with Crippen molar-refractivity contribution in [1.82, 2.24) is 24.7 Å². The van der Waals surface area contributed by atoms with Gasteiger partial charge in [0.1, 0.15) is 24.0 Å². The summed E-state index contributed by atoms with van der Waals surface area (Å²) in [6, 6.07) is 17.8. The van der Waals surface area contributed by atoms with Crippen molar-refractivity contribution in [3.63, 3.8) is 0 Å². The minimum atomic E-state index is -0.286. The van der Waals surface area contributed by atoms with Crippen LogP contribution in [-0.4, -0.2) is 24.7 Å². The van der Waals surface area contributed by atoms with E-state index in [1.165, 1.54) is 18.3 Å². The van der Waals surface area contributed by atoms with E-state index >= 15 is 0 Å². The van der Waals surface area contributed by atoms with Crippen molar-refractivity contribution >= 4 is 48.3 Å². The molecule has 3 aromatic heterocycles. The van der Waals surface area contributed by atoms with Crippen LogP contribution < -0.4 is 0 Å². The predicted molar refractivity (Wildman–Crippen MR) is 128 cm³/mol. The number of pyridine rings is 1. The molecule has 1 N–H and O–H groups in total. The molecule has 6 nitrogen and oxygen atoms in total. The first-order chi connectivity index (χ1) is 14.2. The lowest BCUT2D eigenvalue weighted by atomic mass is 10.0. The summed E-state index contributed by atoms with van der Waals surface area (Å²) in [5.74, 6) is 0.390. The fourth-order valence-corrected chi connectivity index (χ4v) is 3.29. The van der Waals surface area contributed by atoms with Crippen LogP contribution in [-0.2, 0) is 0 Å². The van der Waals surface area contributed by atoms with Crippen LogP contribution in [0.1, 0.15) is 5.56 Å². The second kappa shape index (κ2) is 10.2. The summed E-state index contributed by atoms with van der Waals surface area (Å²) < 4.78 is 15.2. The number of nitrogens with zero attached hydrogens (tertiary/aromatic N) is 5. The van der Waals surface area contributed by atoms with E-state index in [1.807, 2.05) is 29.0 Å². The number of imidazole rings is 1. The maximum absolute atomic E-state index is 13.3. The van der Waals surface area contributed by atoms with Gasteiger partial charge in [-0.3, -0.25) is 9.67 Å². The molecule has 0 saturated heterocycles. The molecule has 0 fully saturated rings. The van der Waals surface area contributed by atoms with Gasteiger partial charge < -0.3 is 0 Å². The fraction of sp³-hybridized carbons (Fsp3) is 0. The Morgan fingerprint density at radius 1 is 0.906 bits per heavy atom. The van der Waals surface area contributed by atoms with Crippen molar-refractivity contribution in [2.45, 2.75) is 0 Å². The van der Waals surface area contributed by atoms with Crippen molar-refractivity contribution in [2.24, 2.45) is 0 Å². The Kier molecular flexibility index (Phi) is 7.95. The second-order valence-electron chi connectivity index (χ2n) is 6.49. The number of H-pyrrole nitrogens is 1. The van der Waals surface area contributed by atoms with Gasteiger partial charge in [-0.05, 0) is 54.1 Å². The molecule has 0 saturated carbocycles. The zero-order valence-corrected chi connectivity index (χ0v) is 18.7. The molecule has 0 aliphatic rings. The third-order valence-corrected chi connectivity index (χ3v) is 4.74. The number of halogens is 4. The third kappa shape index (κ3) is 4.43. The SMILES string of the molecule is Cl.Cl.Cl.N#Cc1ccc(-n2cnc3ccc(-c4c[nH]nc4-c4ccc(F)cc4)cc32)nc1. The smallest absolute Gasteiger partial charge is 0.138 e. The quantitative estimate of drug-likeness (QED) is 0.349. The van der Waals surface area contributed by atoms with Crippen molar-refractivity contribution in [2.75, 3.05) is 0 Å². The highest BCUT2D eigenvalue weighted by Gasteiger charge is 2.13. The van der Waals surface area contributed by atoms with Crippen molar-refractivity contribution in [1.29, 1.82) is 5.26 Å². The van der Waals surface area contributed by atoms with Gasteiger partial charge in [-0.2, -0.15) is 10.4 Å². The van der Waals surface area contributed by atoms with Gasteiger partial charge in [-0.25, -0.2) is 14.4 Å². The number of nitrogens with one attached hydrogen (secondary N) is 1. The van der Waals surface area contributed by atoms with E-state index in [-0.39, 0.29) is 43.0 Å². The molecule has 0 amide bonds. The van der Waals surface area contributed by atoms with Gasteiger partial charge >= 0.3 is 0 Å². The van der Waals surface area contributed by atoms with Gasteiger partial charge in [-0.1, -0.05) is 6.07 Å². The topological polar surface area (TPSA) is 83.2 Å². The van der Waals surface area contributed by atoms with Crippen LogP contribution in [0.5, 0.6) is 0 Å². The molecule has 2 aromatic carbocycles. The second-order valence-corrected chi connectivity index (χ2v) is 6.49. The van der Waals surface area contributed by atoms with Crippen molar-refractivity contribution in [3.05, 3.63) is 84.7 Å². The maximum Gasteiger partial charge on any atom is 0.138 e. The number of fused-ring (bicyclic) bond motifs is 1. The van der Waals surface area contributed by atoms with E-state index in [0.717, 1.165) is 33.4 Å². The Bertz CT molecular complexity index is 1370. The van der Waals surface area contributed by atoms with E-state index in [4.69, 9.17) is 5.26 Å². The van der Waals surface area contributed by atoms with Crippen LogP contribution in [0.25, 0.3) is 39.2 Å². The third-order valence-electron chi connectivity index (χ3n) is 4.74. The summed E-state index contributed by atoms with van der Waals surface area (Å²) in [6.45, 7) is 0. The lowest BCUT2D eigenvalue weighted by Gasteiger charge is -2.06. The van der Waals surface area contributed by atoms with E-state index in [2.05, 4.69) is 26.2 Å². The Morgan fingerprint density at radius 2 is 1.66 bits per heavy atom. The van der Waals surface area contributed by atoms with Crippen LogP contribution >= 0.6 is 37.2 Å². The van der Waals surface area contributed by atoms with Gasteiger partial charge in [0.05, 0.1) is 22.3 Å². The average Bonchev–Trinajstić information content (AvgIpc) is 3.41. The minimum absolute atomic E-state index is 0. The predicted octanol–water partition coefficient (Wildman–Crippen LogP) is 5.75. The normalized spacial score (nSPS) is 9.88. The summed E-state index contributed by atoms with van der Waals surface area (Å²) in [5, 5.41) is 16.2. The largest absolute Gasteiger partial charge is 0.284 e. The zero-order chi connectivity index (χ0) is 19.8. The molecular formula is C22H16Cl3FN6. The molecule has 0 aliphatic carbocycles. The van der Waals surface area contributed by atoms with Gasteiger partial charge in [0.15, 0.2) is 0 Å². The Morgan fingerprint density at radius 3 is 2.34 bits per heavy atom. The Labute approximate surface area is 201 Å². The Balaban J connectivity index is 0.00000121. The molecular weight excluding hydrogens is 474 g/mol. The summed E-state index contributed by atoms with van der Waals surface area (Å²) in [7, 11) is 0. The molecule has 0 bridgehead atoms. The molecule has 0 spiro atoms. The van der Waals surface area contributed by atoms with Crippen LogP contribution in [0.2, 0.25) is 0 Å². The molecule has 3 heterocycles. The summed E-state index contributed by atoms with van der Waals surface area (Å²) in [6.07, 6.45) is 5.06. The van der Waals surface area contributed by atoms with Crippen LogP contribution in [0, 0.1) is 17.1 Å². The molecule has 0 atom stereocenters. The zero-order valence-electron chi connectivity index (χ0n) is 16.3. The van der Waals surface area contributed by atoms with Crippen LogP contribution in [0.3, 0.4) is 0 Å². The monoisotopic (exact) mass is 488 g/mol. The van der Waals surface area contributed by atoms with Crippen molar-refractivity contribution in [3.8, 4) is 34.3 Å². The molecule has 5 rings (SSSR count). The van der Waals surface area contributed by atoms with Crippen LogP contribution in [0.4, 0.5) is 4.39 Å². The number of hydrogen-bond acceptors (Lipinski definition) is 4. The molecule has 0 radical (unpaired) electrons. The summed E-state index contributed by atoms with van der Waals surface area (Å²) >= 11 is 0. The highest BCUT2D eigenvalue weighted by atomic mass is 35.5. The van der Waals surface area contributed by atoms with E-state index in [9.17, 15) is 4.39 Å². The van der Waals surface area contributed by atoms with Gasteiger partial charge in [0.2, 0.25) is 0 Å². The van der Waals surface area contributed by atoms with Crippen LogP contribution in [0.15, 0.2) is 73.3 Å². The molecule has 0 aliphatic heterocycles. The minimum Gasteiger partial charge on any atom is -0.284 e. The highest BCUT2D eigenvalue weighted by Crippen LogP contribution is 2.32. The van der Waals surface area contributed by atoms with Gasteiger partial charge in [0.25, 0.3) is 0 Å². The first-order valence-electron chi connectivity index (χ1n) is 8.86. The first-order valence-corrected chi connectivity index (χ1v) is 8.86. The lowest BCUT2D eigenvalue weighted by molar-refractivity contribution is 0.628. The first kappa shape index (κ1) is 24.8. The molecule has 10 heteroatoms. The molecule has 32 heavy (non-hydrogen) atoms. The van der Waals surface area contributed by atoms with E-state index in [0.29, 0.717) is 11.4 Å². The van der Waals surface area contributed by atoms with Crippen molar-refractivity contribution < 1.29 is 4.39 Å². The maximum atomic E-state index is 13.3. The van der Waals surface area contributed by atoms with E-state index < -0.39 is 0 Å². The number of nitriles is 1. The number of aromatic amines is 1. The van der Waals surface area contributed by atoms with E-state index in [1.54, 1.807) is 30.6 Å². The number of benzene rings is 2. The number of rotatable bonds is 3. The summed E-state index contributed by atoms with van der Waals surface area (Å²) in [5.41, 5.74) is 5.62. The fourth-order valence-electron chi connectivity index (χ4n) is 3.29. The lowest BCUT2D eigenvalue weighted by Crippen LogP contribution is -1.96. The van der Waals surface area contributed by atoms with Gasteiger partial charge in [-0.15, -0.1) is 37.2 Å². The average molecular weight is 490 g/mol. The number of aromatic nitrogens is 5. The van der Waals surface area contributed by atoms with Gasteiger partial charge in [0, 0.05) is 23.5 Å². The highest BCUT2D eigenvalue weighted by molar-refractivity contribution is 5.87. The standard InChI is InChI=1S/C22H13FN6.3ClH/c23-17-5-2-15(3-6-17)22-18(12-27-28-22)16-4-7-19-20(9-16)29(13-26-19)21-8-1-14(10-24)11-25-21;;;/h1-9,11-13H,(H,27,28);3*1H. The molecule has 162 valence electrons.